The molecule has 5 heteroatoms. The molecule has 0 saturated heterocycles. The molecule has 0 radical (unpaired) electrons. The summed E-state index contributed by atoms with van der Waals surface area (Å²) in [6, 6.07) is 16.0. The fourth-order valence-electron chi connectivity index (χ4n) is 1.43. The van der Waals surface area contributed by atoms with Gasteiger partial charge in [-0.15, -0.1) is 0 Å². The topological polar surface area (TPSA) is 75.0 Å². The van der Waals surface area contributed by atoms with E-state index in [4.69, 9.17) is 10.00 Å². The van der Waals surface area contributed by atoms with Crippen LogP contribution in [0.4, 0.5) is 10.6 Å². The molecule has 1 N–H and O–H groups in total. The molecule has 1 amide bonds. The number of pyridine rings is 1. The number of ether oxygens (including phenoxy) is 1. The number of aromatic nitrogens is 1. The second kappa shape index (κ2) is 6.17. The number of anilines is 1. The summed E-state index contributed by atoms with van der Waals surface area (Å²) in [5, 5.41) is 11.2. The first-order chi connectivity index (χ1) is 9.28. The quantitative estimate of drug-likeness (QED) is 0.912. The van der Waals surface area contributed by atoms with Crippen LogP contribution in [-0.4, -0.2) is 11.1 Å². The third-order valence-corrected chi connectivity index (χ3v) is 2.31. The smallest absolute Gasteiger partial charge is 0.413 e. The summed E-state index contributed by atoms with van der Waals surface area (Å²) < 4.78 is 5.03. The number of carbonyl (C=O) groups is 1. The summed E-state index contributed by atoms with van der Waals surface area (Å²) in [6.07, 6.45) is -0.605. The molecule has 0 bridgehead atoms. The Labute approximate surface area is 110 Å². The highest BCUT2D eigenvalue weighted by atomic mass is 16.5. The molecular weight excluding hydrogens is 242 g/mol. The first kappa shape index (κ1) is 12.6. The Hall–Kier alpha value is -2.87. The molecule has 0 aliphatic rings. The number of benzene rings is 1. The van der Waals surface area contributed by atoms with Gasteiger partial charge in [-0.05, 0) is 17.7 Å². The molecule has 1 aromatic heterocycles. The van der Waals surface area contributed by atoms with E-state index in [9.17, 15) is 4.79 Å². The van der Waals surface area contributed by atoms with Crippen molar-refractivity contribution in [2.45, 2.75) is 6.61 Å². The van der Waals surface area contributed by atoms with Crippen molar-refractivity contribution in [3.8, 4) is 6.07 Å². The van der Waals surface area contributed by atoms with E-state index in [1.165, 1.54) is 0 Å². The number of nitrogens with zero attached hydrogens (tertiary/aromatic N) is 2. The van der Waals surface area contributed by atoms with E-state index in [0.29, 0.717) is 0 Å². The van der Waals surface area contributed by atoms with Crippen molar-refractivity contribution < 1.29 is 9.53 Å². The maximum absolute atomic E-state index is 11.5. The van der Waals surface area contributed by atoms with E-state index in [2.05, 4.69) is 10.3 Å². The molecule has 0 saturated carbocycles. The number of nitriles is 1. The van der Waals surface area contributed by atoms with E-state index in [1.807, 2.05) is 36.4 Å². The van der Waals surface area contributed by atoms with Gasteiger partial charge in [0.15, 0.2) is 0 Å². The van der Waals surface area contributed by atoms with Crippen molar-refractivity contribution in [2.24, 2.45) is 0 Å². The second-order valence-corrected chi connectivity index (χ2v) is 3.71. The highest BCUT2D eigenvalue weighted by molar-refractivity contribution is 5.83. The maximum Gasteiger partial charge on any atom is 0.413 e. The van der Waals surface area contributed by atoms with Crippen molar-refractivity contribution in [3.63, 3.8) is 0 Å². The zero-order valence-electron chi connectivity index (χ0n) is 10.0. The van der Waals surface area contributed by atoms with Crippen LogP contribution in [0.25, 0.3) is 0 Å². The molecule has 0 spiro atoms. The largest absolute Gasteiger partial charge is 0.444 e. The van der Waals surface area contributed by atoms with Gasteiger partial charge in [0.2, 0.25) is 0 Å². The standard InChI is InChI=1S/C14H11N3O2/c15-9-12-7-4-8-13(16-12)17-14(18)19-10-11-5-2-1-3-6-11/h1-8H,10H2,(H,16,17,18). The lowest BCUT2D eigenvalue weighted by Gasteiger charge is -2.06. The van der Waals surface area contributed by atoms with Gasteiger partial charge in [0, 0.05) is 0 Å². The van der Waals surface area contributed by atoms with E-state index in [0.717, 1.165) is 5.56 Å². The fraction of sp³-hybridized carbons (Fsp3) is 0.0714. The van der Waals surface area contributed by atoms with Crippen molar-refractivity contribution in [1.29, 1.82) is 5.26 Å². The first-order valence-corrected chi connectivity index (χ1v) is 5.63. The maximum atomic E-state index is 11.5. The highest BCUT2D eigenvalue weighted by Crippen LogP contribution is 2.06. The highest BCUT2D eigenvalue weighted by Gasteiger charge is 2.05. The summed E-state index contributed by atoms with van der Waals surface area (Å²) in [5.74, 6) is 0.289. The van der Waals surface area contributed by atoms with Crippen molar-refractivity contribution in [3.05, 3.63) is 59.8 Å². The lowest BCUT2D eigenvalue weighted by molar-refractivity contribution is 0.155. The molecule has 0 unspecified atom stereocenters. The van der Waals surface area contributed by atoms with Crippen LogP contribution in [0.1, 0.15) is 11.3 Å². The molecular formula is C14H11N3O2. The summed E-state index contributed by atoms with van der Waals surface area (Å²) in [5.41, 5.74) is 1.14. The lowest BCUT2D eigenvalue weighted by Crippen LogP contribution is -2.14. The Morgan fingerprint density at radius 3 is 2.74 bits per heavy atom. The minimum atomic E-state index is -0.605. The Morgan fingerprint density at radius 1 is 1.21 bits per heavy atom. The summed E-state index contributed by atoms with van der Waals surface area (Å²) in [7, 11) is 0. The monoisotopic (exact) mass is 253 g/mol. The number of hydrogen-bond donors (Lipinski definition) is 1. The minimum Gasteiger partial charge on any atom is -0.444 e. The molecule has 2 aromatic rings. The molecule has 2 rings (SSSR count). The van der Waals surface area contributed by atoms with Crippen LogP contribution in [0.2, 0.25) is 0 Å². The SMILES string of the molecule is N#Cc1cccc(NC(=O)OCc2ccccc2)n1. The molecule has 0 atom stereocenters. The van der Waals surface area contributed by atoms with Crippen LogP contribution in [0, 0.1) is 11.3 Å². The summed E-state index contributed by atoms with van der Waals surface area (Å²) in [4.78, 5) is 15.4. The van der Waals surface area contributed by atoms with Gasteiger partial charge in [0.05, 0.1) is 0 Å². The van der Waals surface area contributed by atoms with E-state index in [1.54, 1.807) is 18.2 Å². The number of amides is 1. The van der Waals surface area contributed by atoms with E-state index >= 15 is 0 Å². The lowest BCUT2D eigenvalue weighted by atomic mass is 10.2. The van der Waals surface area contributed by atoms with Crippen molar-refractivity contribution >= 4 is 11.9 Å². The first-order valence-electron chi connectivity index (χ1n) is 5.63. The van der Waals surface area contributed by atoms with Crippen molar-refractivity contribution in [2.75, 3.05) is 5.32 Å². The minimum absolute atomic E-state index is 0.185. The fourth-order valence-corrected chi connectivity index (χ4v) is 1.43. The average Bonchev–Trinajstić information content (AvgIpc) is 2.46. The zero-order valence-corrected chi connectivity index (χ0v) is 10.0. The van der Waals surface area contributed by atoms with Gasteiger partial charge in [-0.2, -0.15) is 5.26 Å². The number of rotatable bonds is 3. The van der Waals surface area contributed by atoms with Crippen LogP contribution < -0.4 is 5.32 Å². The Balaban J connectivity index is 1.89. The van der Waals surface area contributed by atoms with Gasteiger partial charge < -0.3 is 4.74 Å². The van der Waals surface area contributed by atoms with Gasteiger partial charge in [-0.25, -0.2) is 9.78 Å². The Bertz CT molecular complexity index is 606. The predicted octanol–water partition coefficient (Wildman–Crippen LogP) is 2.70. The van der Waals surface area contributed by atoms with E-state index < -0.39 is 6.09 Å². The molecule has 1 heterocycles. The average molecular weight is 253 g/mol. The van der Waals surface area contributed by atoms with E-state index in [-0.39, 0.29) is 18.1 Å². The second-order valence-electron chi connectivity index (χ2n) is 3.71. The summed E-state index contributed by atoms with van der Waals surface area (Å²) in [6.45, 7) is 0.185. The predicted molar refractivity (Wildman–Crippen MR) is 69.2 cm³/mol. The van der Waals surface area contributed by atoms with Crippen LogP contribution in [0.5, 0.6) is 0 Å². The molecule has 5 nitrogen and oxygen atoms in total. The molecule has 0 aliphatic heterocycles. The van der Waals surface area contributed by atoms with Crippen LogP contribution in [0.3, 0.4) is 0 Å². The van der Waals surface area contributed by atoms with Gasteiger partial charge in [0.25, 0.3) is 0 Å². The van der Waals surface area contributed by atoms with Gasteiger partial charge >= 0.3 is 6.09 Å². The van der Waals surface area contributed by atoms with Gasteiger partial charge in [-0.1, -0.05) is 36.4 Å². The number of carbonyl (C=O) groups excluding carboxylic acids is 1. The van der Waals surface area contributed by atoms with Crippen LogP contribution in [0.15, 0.2) is 48.5 Å². The third-order valence-electron chi connectivity index (χ3n) is 2.31. The number of hydrogen-bond acceptors (Lipinski definition) is 4. The third kappa shape index (κ3) is 3.82. The zero-order chi connectivity index (χ0) is 13.5. The molecule has 19 heavy (non-hydrogen) atoms. The number of nitrogens with one attached hydrogen (secondary N) is 1. The van der Waals surface area contributed by atoms with Gasteiger partial charge in [0.1, 0.15) is 24.2 Å². The normalized spacial score (nSPS) is 9.42. The van der Waals surface area contributed by atoms with Crippen LogP contribution >= 0.6 is 0 Å². The summed E-state index contributed by atoms with van der Waals surface area (Å²) >= 11 is 0. The van der Waals surface area contributed by atoms with Crippen molar-refractivity contribution in [1.82, 2.24) is 4.98 Å². The Kier molecular flexibility index (Phi) is 4.09. The van der Waals surface area contributed by atoms with Crippen LogP contribution in [-0.2, 0) is 11.3 Å². The van der Waals surface area contributed by atoms with Gasteiger partial charge in [-0.3, -0.25) is 5.32 Å². The Morgan fingerprint density at radius 2 is 2.00 bits per heavy atom. The molecule has 0 fully saturated rings. The molecule has 94 valence electrons. The molecule has 0 aliphatic carbocycles. The molecule has 1 aromatic carbocycles.